The van der Waals surface area contributed by atoms with Crippen LogP contribution < -0.4 is 5.32 Å². The number of carbonyl (C=O) groups is 2. The molecule has 2 aliphatic rings. The molecule has 19 heavy (non-hydrogen) atoms. The Morgan fingerprint density at radius 1 is 1.37 bits per heavy atom. The normalized spacial score (nSPS) is 27.8. The van der Waals surface area contributed by atoms with E-state index in [0.29, 0.717) is 22.4 Å². The molecule has 0 aromatic carbocycles. The van der Waals surface area contributed by atoms with Gasteiger partial charge in [0.15, 0.2) is 0 Å². The van der Waals surface area contributed by atoms with Crippen LogP contribution in [0.15, 0.2) is 5.38 Å². The van der Waals surface area contributed by atoms with Crippen LogP contribution in [0.2, 0.25) is 0 Å². The molecule has 2 saturated carbocycles. The number of hydrogen-bond acceptors (Lipinski definition) is 4. The molecule has 0 aliphatic heterocycles. The maximum absolute atomic E-state index is 12.2. The fourth-order valence-corrected chi connectivity index (χ4v) is 4.18. The molecule has 5 heteroatoms. The molecule has 0 saturated heterocycles. The van der Waals surface area contributed by atoms with Crippen LogP contribution in [0.3, 0.4) is 0 Å². The standard InChI is InChI=1S/C14H17NO3S/c1-7-6-19-12(14(17)18-2)11(7)15-13(16)10-8-4-3-5-9(8)10/h6,8-10H,3-5H2,1-2H3,(H,15,16). The average molecular weight is 279 g/mol. The number of nitrogens with one attached hydrogen (secondary N) is 1. The van der Waals surface area contributed by atoms with E-state index < -0.39 is 0 Å². The minimum absolute atomic E-state index is 0.0707. The lowest BCUT2D eigenvalue weighted by atomic mass is 10.1. The third-order valence-electron chi connectivity index (χ3n) is 4.30. The van der Waals surface area contributed by atoms with Gasteiger partial charge in [0, 0.05) is 5.92 Å². The summed E-state index contributed by atoms with van der Waals surface area (Å²) in [5.74, 6) is 1.02. The molecular formula is C14H17NO3S. The molecule has 1 amide bonds. The monoisotopic (exact) mass is 279 g/mol. The minimum Gasteiger partial charge on any atom is -0.465 e. The largest absolute Gasteiger partial charge is 0.465 e. The molecule has 1 heterocycles. The maximum Gasteiger partial charge on any atom is 0.350 e. The van der Waals surface area contributed by atoms with Gasteiger partial charge in [0.2, 0.25) is 5.91 Å². The molecule has 2 unspecified atom stereocenters. The van der Waals surface area contributed by atoms with E-state index >= 15 is 0 Å². The second-order valence-corrected chi connectivity index (χ2v) is 6.27. The zero-order valence-corrected chi connectivity index (χ0v) is 11.9. The Bertz CT molecular complexity index is 527. The molecule has 3 rings (SSSR count). The molecule has 4 nitrogen and oxygen atoms in total. The van der Waals surface area contributed by atoms with Gasteiger partial charge in [-0.15, -0.1) is 11.3 Å². The summed E-state index contributed by atoms with van der Waals surface area (Å²) in [6.07, 6.45) is 3.61. The molecule has 102 valence electrons. The van der Waals surface area contributed by atoms with E-state index in [0.717, 1.165) is 5.56 Å². The summed E-state index contributed by atoms with van der Waals surface area (Å²) in [6.45, 7) is 1.90. The number of hydrogen-bond donors (Lipinski definition) is 1. The molecule has 1 aromatic heterocycles. The van der Waals surface area contributed by atoms with Crippen LogP contribution in [0, 0.1) is 24.7 Å². The molecule has 1 N–H and O–H groups in total. The average Bonchev–Trinajstić information content (AvgIpc) is 2.74. The number of aryl methyl sites for hydroxylation is 1. The summed E-state index contributed by atoms with van der Waals surface area (Å²) in [7, 11) is 1.36. The van der Waals surface area contributed by atoms with Gasteiger partial charge >= 0.3 is 5.97 Å². The number of esters is 1. The molecule has 2 fully saturated rings. The number of thiophene rings is 1. The van der Waals surface area contributed by atoms with Gasteiger partial charge < -0.3 is 10.1 Å². The van der Waals surface area contributed by atoms with Gasteiger partial charge in [0.25, 0.3) is 0 Å². The number of anilines is 1. The van der Waals surface area contributed by atoms with Crippen molar-refractivity contribution in [2.75, 3.05) is 12.4 Å². The molecule has 0 bridgehead atoms. The van der Waals surface area contributed by atoms with E-state index in [1.165, 1.54) is 37.7 Å². The number of rotatable bonds is 3. The van der Waals surface area contributed by atoms with Crippen LogP contribution in [0.5, 0.6) is 0 Å². The number of amides is 1. The number of ether oxygens (including phenoxy) is 1. The quantitative estimate of drug-likeness (QED) is 0.866. The summed E-state index contributed by atoms with van der Waals surface area (Å²) < 4.78 is 4.74. The van der Waals surface area contributed by atoms with Gasteiger partial charge in [0.1, 0.15) is 4.88 Å². The first-order valence-electron chi connectivity index (χ1n) is 6.60. The Hall–Kier alpha value is -1.36. The van der Waals surface area contributed by atoms with Crippen LogP contribution in [-0.4, -0.2) is 19.0 Å². The molecule has 0 spiro atoms. The lowest BCUT2D eigenvalue weighted by Crippen LogP contribution is -2.18. The third-order valence-corrected chi connectivity index (χ3v) is 5.38. The predicted octanol–water partition coefficient (Wildman–Crippen LogP) is 2.83. The van der Waals surface area contributed by atoms with Crippen LogP contribution in [0.1, 0.15) is 34.5 Å². The van der Waals surface area contributed by atoms with E-state index in [-0.39, 0.29) is 17.8 Å². The number of fused-ring (bicyclic) bond motifs is 1. The maximum atomic E-state index is 12.2. The van der Waals surface area contributed by atoms with Crippen LogP contribution >= 0.6 is 11.3 Å². The Morgan fingerprint density at radius 3 is 2.68 bits per heavy atom. The highest BCUT2D eigenvalue weighted by atomic mass is 32.1. The van der Waals surface area contributed by atoms with Gasteiger partial charge in [0.05, 0.1) is 12.8 Å². The molecular weight excluding hydrogens is 262 g/mol. The van der Waals surface area contributed by atoms with Gasteiger partial charge in [-0.25, -0.2) is 4.79 Å². The summed E-state index contributed by atoms with van der Waals surface area (Å²) in [5.41, 5.74) is 1.55. The fraction of sp³-hybridized carbons (Fsp3) is 0.571. The van der Waals surface area contributed by atoms with Crippen LogP contribution in [0.25, 0.3) is 0 Å². The molecule has 2 aliphatic carbocycles. The second-order valence-electron chi connectivity index (χ2n) is 5.39. The van der Waals surface area contributed by atoms with Crippen molar-refractivity contribution in [3.05, 3.63) is 15.8 Å². The van der Waals surface area contributed by atoms with Gasteiger partial charge in [-0.05, 0) is 42.5 Å². The molecule has 2 atom stereocenters. The molecule has 1 aromatic rings. The smallest absolute Gasteiger partial charge is 0.350 e. The number of carbonyl (C=O) groups excluding carboxylic acids is 2. The Morgan fingerprint density at radius 2 is 2.05 bits per heavy atom. The van der Waals surface area contributed by atoms with Gasteiger partial charge in [-0.3, -0.25) is 4.79 Å². The van der Waals surface area contributed by atoms with E-state index in [9.17, 15) is 9.59 Å². The highest BCUT2D eigenvalue weighted by molar-refractivity contribution is 7.12. The van der Waals surface area contributed by atoms with Crippen molar-refractivity contribution in [2.45, 2.75) is 26.2 Å². The molecule has 0 radical (unpaired) electrons. The van der Waals surface area contributed by atoms with E-state index in [1.54, 1.807) is 0 Å². The van der Waals surface area contributed by atoms with Crippen molar-refractivity contribution >= 4 is 28.9 Å². The lowest BCUT2D eigenvalue weighted by molar-refractivity contribution is -0.118. The SMILES string of the molecule is COC(=O)c1scc(C)c1NC(=O)C1C2CCCC21. The summed E-state index contributed by atoms with van der Waals surface area (Å²) in [4.78, 5) is 24.4. The first kappa shape index (κ1) is 12.7. The highest BCUT2D eigenvalue weighted by Gasteiger charge is 2.56. The topological polar surface area (TPSA) is 55.4 Å². The van der Waals surface area contributed by atoms with Crippen LogP contribution in [0.4, 0.5) is 5.69 Å². The van der Waals surface area contributed by atoms with Crippen molar-refractivity contribution in [2.24, 2.45) is 17.8 Å². The minimum atomic E-state index is -0.385. The highest BCUT2D eigenvalue weighted by Crippen LogP contribution is 2.57. The fourth-order valence-electron chi connectivity index (χ4n) is 3.26. The zero-order valence-electron chi connectivity index (χ0n) is 11.1. The summed E-state index contributed by atoms with van der Waals surface area (Å²) >= 11 is 1.32. The first-order valence-corrected chi connectivity index (χ1v) is 7.48. The first-order chi connectivity index (χ1) is 9.13. The van der Waals surface area contributed by atoms with E-state index in [4.69, 9.17) is 4.74 Å². The Kier molecular flexibility index (Phi) is 3.09. The second kappa shape index (κ2) is 4.63. The zero-order chi connectivity index (χ0) is 13.6. The van der Waals surface area contributed by atoms with Crippen LogP contribution in [-0.2, 0) is 9.53 Å². The summed E-state index contributed by atoms with van der Waals surface area (Å²) in [5, 5.41) is 4.81. The van der Waals surface area contributed by atoms with Crippen molar-refractivity contribution in [3.8, 4) is 0 Å². The third kappa shape index (κ3) is 2.06. The van der Waals surface area contributed by atoms with Gasteiger partial charge in [-0.2, -0.15) is 0 Å². The van der Waals surface area contributed by atoms with Crippen molar-refractivity contribution < 1.29 is 14.3 Å². The van der Waals surface area contributed by atoms with Gasteiger partial charge in [-0.1, -0.05) is 6.42 Å². The van der Waals surface area contributed by atoms with Crippen molar-refractivity contribution in [1.82, 2.24) is 0 Å². The van der Waals surface area contributed by atoms with E-state index in [1.807, 2.05) is 12.3 Å². The summed E-state index contributed by atoms with van der Waals surface area (Å²) in [6, 6.07) is 0. The van der Waals surface area contributed by atoms with Crippen molar-refractivity contribution in [1.29, 1.82) is 0 Å². The lowest BCUT2D eigenvalue weighted by Gasteiger charge is -2.08. The predicted molar refractivity (Wildman–Crippen MR) is 73.3 cm³/mol. The van der Waals surface area contributed by atoms with Crippen molar-refractivity contribution in [3.63, 3.8) is 0 Å². The van der Waals surface area contributed by atoms with E-state index in [2.05, 4.69) is 5.32 Å². The Labute approximate surface area is 116 Å². The number of methoxy groups -OCH3 is 1. The Balaban J connectivity index is 1.74.